The molecule has 0 atom stereocenters. The largest absolute Gasteiger partial charge is 0.493 e. The molecule has 5 heteroatoms. The lowest BCUT2D eigenvalue weighted by Gasteiger charge is -2.06. The van der Waals surface area contributed by atoms with E-state index in [4.69, 9.17) is 9.15 Å². The average molecular weight is 299 g/mol. The van der Waals surface area contributed by atoms with Crippen LogP contribution < -0.4 is 10.1 Å². The summed E-state index contributed by atoms with van der Waals surface area (Å²) >= 11 is 0. The number of furan rings is 1. The molecule has 22 heavy (non-hydrogen) atoms. The number of carbonyl (C=O) groups excluding carboxylic acids is 1. The van der Waals surface area contributed by atoms with Gasteiger partial charge in [-0.2, -0.15) is 0 Å². The first-order chi connectivity index (χ1) is 10.6. The van der Waals surface area contributed by atoms with E-state index in [0.717, 1.165) is 10.9 Å². The fourth-order valence-corrected chi connectivity index (χ4v) is 2.22. The molecule has 3 aromatic rings. The van der Waals surface area contributed by atoms with Crippen molar-refractivity contribution in [1.29, 1.82) is 0 Å². The molecule has 0 spiro atoms. The molecule has 0 saturated carbocycles. The van der Waals surface area contributed by atoms with Gasteiger partial charge in [0.1, 0.15) is 5.82 Å². The zero-order chi connectivity index (χ0) is 15.7. The highest BCUT2D eigenvalue weighted by Gasteiger charge is 2.15. The molecule has 0 aliphatic heterocycles. The van der Waals surface area contributed by atoms with E-state index in [1.165, 1.54) is 19.2 Å². The summed E-state index contributed by atoms with van der Waals surface area (Å²) in [6, 6.07) is 11.2. The smallest absolute Gasteiger partial charge is 0.291 e. The summed E-state index contributed by atoms with van der Waals surface area (Å²) in [5, 5.41) is 3.42. The molecule has 0 aliphatic carbocycles. The molecule has 4 nitrogen and oxygen atoms in total. The fraction of sp³-hybridized carbons (Fsp3) is 0.118. The van der Waals surface area contributed by atoms with Gasteiger partial charge >= 0.3 is 0 Å². The zero-order valence-corrected chi connectivity index (χ0v) is 12.1. The summed E-state index contributed by atoms with van der Waals surface area (Å²) in [7, 11) is 1.53. The predicted molar refractivity (Wildman–Crippen MR) is 81.9 cm³/mol. The maximum Gasteiger partial charge on any atom is 0.291 e. The van der Waals surface area contributed by atoms with E-state index in [1.807, 2.05) is 12.1 Å². The molecule has 0 radical (unpaired) electrons. The second-order valence-electron chi connectivity index (χ2n) is 4.90. The summed E-state index contributed by atoms with van der Waals surface area (Å²) in [5.74, 6) is -0.152. The van der Waals surface area contributed by atoms with Gasteiger partial charge in [0, 0.05) is 11.1 Å². The second-order valence-corrected chi connectivity index (χ2v) is 4.90. The first-order valence-electron chi connectivity index (χ1n) is 6.72. The highest BCUT2D eigenvalue weighted by Crippen LogP contribution is 2.29. The molecule has 0 aliphatic rings. The minimum absolute atomic E-state index is 0.142. The molecule has 1 amide bonds. The van der Waals surface area contributed by atoms with Crippen molar-refractivity contribution in [1.82, 2.24) is 0 Å². The van der Waals surface area contributed by atoms with Gasteiger partial charge in [0.2, 0.25) is 0 Å². The molecule has 0 fully saturated rings. The maximum atomic E-state index is 13.3. The lowest BCUT2D eigenvalue weighted by molar-refractivity contribution is 0.0998. The Hall–Kier alpha value is -2.82. The number of amides is 1. The highest BCUT2D eigenvalue weighted by atomic mass is 19.1. The van der Waals surface area contributed by atoms with Gasteiger partial charge in [0.05, 0.1) is 7.11 Å². The summed E-state index contributed by atoms with van der Waals surface area (Å²) in [6.07, 6.45) is 0. The number of anilines is 1. The number of ether oxygens (including phenoxy) is 1. The van der Waals surface area contributed by atoms with Gasteiger partial charge in [-0.3, -0.25) is 4.79 Å². The van der Waals surface area contributed by atoms with Crippen molar-refractivity contribution in [2.45, 2.75) is 6.92 Å². The number of methoxy groups -OCH3 is 1. The molecule has 112 valence electrons. The van der Waals surface area contributed by atoms with Crippen molar-refractivity contribution in [3.05, 3.63) is 59.6 Å². The minimum Gasteiger partial charge on any atom is -0.493 e. The van der Waals surface area contributed by atoms with Crippen LogP contribution in [0.25, 0.3) is 11.0 Å². The summed E-state index contributed by atoms with van der Waals surface area (Å²) in [4.78, 5) is 12.3. The first kappa shape index (κ1) is 14.1. The lowest BCUT2D eigenvalue weighted by Crippen LogP contribution is -2.12. The minimum atomic E-state index is -0.438. The number of rotatable bonds is 3. The van der Waals surface area contributed by atoms with Crippen molar-refractivity contribution < 1.29 is 18.3 Å². The van der Waals surface area contributed by atoms with Gasteiger partial charge in [-0.1, -0.05) is 18.2 Å². The van der Waals surface area contributed by atoms with E-state index in [-0.39, 0.29) is 5.76 Å². The molecule has 0 unspecified atom stereocenters. The summed E-state index contributed by atoms with van der Waals surface area (Å²) in [6.45, 7) is 1.79. The molecule has 0 bridgehead atoms. The van der Waals surface area contributed by atoms with Crippen LogP contribution in [0.3, 0.4) is 0 Å². The third kappa shape index (κ3) is 2.53. The molecular weight excluding hydrogens is 285 g/mol. The Morgan fingerprint density at radius 1 is 1.23 bits per heavy atom. The third-order valence-corrected chi connectivity index (χ3v) is 3.40. The molecule has 0 saturated heterocycles. The van der Waals surface area contributed by atoms with Gasteiger partial charge in [0.15, 0.2) is 17.1 Å². The van der Waals surface area contributed by atoms with Crippen LogP contribution in [0.5, 0.6) is 5.75 Å². The highest BCUT2D eigenvalue weighted by molar-refractivity contribution is 6.05. The monoisotopic (exact) mass is 299 g/mol. The normalized spacial score (nSPS) is 10.7. The topological polar surface area (TPSA) is 51.5 Å². The van der Waals surface area contributed by atoms with E-state index < -0.39 is 11.7 Å². The van der Waals surface area contributed by atoms with Crippen LogP contribution in [-0.4, -0.2) is 13.0 Å². The Morgan fingerprint density at radius 2 is 2.05 bits per heavy atom. The van der Waals surface area contributed by atoms with Crippen LogP contribution in [-0.2, 0) is 0 Å². The zero-order valence-electron chi connectivity index (χ0n) is 12.1. The molecular formula is C17H14FNO3. The quantitative estimate of drug-likeness (QED) is 0.790. The van der Waals surface area contributed by atoms with Crippen LogP contribution >= 0.6 is 0 Å². The number of fused-ring (bicyclic) bond motifs is 1. The maximum absolute atomic E-state index is 13.3. The van der Waals surface area contributed by atoms with E-state index in [0.29, 0.717) is 17.0 Å². The van der Waals surface area contributed by atoms with Gasteiger partial charge in [-0.25, -0.2) is 4.39 Å². The van der Waals surface area contributed by atoms with Crippen LogP contribution in [0.4, 0.5) is 10.1 Å². The Kier molecular flexibility index (Phi) is 3.55. The van der Waals surface area contributed by atoms with E-state index in [2.05, 4.69) is 5.32 Å². The van der Waals surface area contributed by atoms with Gasteiger partial charge < -0.3 is 14.5 Å². The Labute approximate surface area is 126 Å². The van der Waals surface area contributed by atoms with Crippen molar-refractivity contribution in [2.75, 3.05) is 12.4 Å². The molecule has 2 aromatic carbocycles. The van der Waals surface area contributed by atoms with Crippen molar-refractivity contribution in [3.63, 3.8) is 0 Å². The van der Waals surface area contributed by atoms with Gasteiger partial charge in [-0.05, 0) is 36.8 Å². The van der Waals surface area contributed by atoms with E-state index in [9.17, 15) is 9.18 Å². The van der Waals surface area contributed by atoms with Crippen molar-refractivity contribution in [3.8, 4) is 5.75 Å². The van der Waals surface area contributed by atoms with Gasteiger partial charge in [-0.15, -0.1) is 0 Å². The Bertz CT molecular complexity index is 854. The van der Waals surface area contributed by atoms with E-state index >= 15 is 0 Å². The summed E-state index contributed by atoms with van der Waals surface area (Å²) in [5.41, 5.74) is 1.69. The van der Waals surface area contributed by atoms with Crippen molar-refractivity contribution >= 4 is 22.6 Å². The van der Waals surface area contributed by atoms with E-state index in [1.54, 1.807) is 25.1 Å². The second kappa shape index (κ2) is 5.52. The van der Waals surface area contributed by atoms with Crippen LogP contribution in [0.1, 0.15) is 16.1 Å². The Balaban J connectivity index is 1.94. The average Bonchev–Trinajstić information content (AvgIpc) is 2.95. The number of para-hydroxylation sites is 1. The third-order valence-electron chi connectivity index (χ3n) is 3.40. The van der Waals surface area contributed by atoms with Crippen LogP contribution in [0, 0.1) is 12.7 Å². The number of aryl methyl sites for hydroxylation is 1. The van der Waals surface area contributed by atoms with Crippen LogP contribution in [0.15, 0.2) is 46.9 Å². The predicted octanol–water partition coefficient (Wildman–Crippen LogP) is 4.14. The number of halogens is 1. The lowest BCUT2D eigenvalue weighted by atomic mass is 10.2. The molecule has 1 N–H and O–H groups in total. The number of nitrogens with one attached hydrogen (secondary N) is 1. The fourth-order valence-electron chi connectivity index (χ4n) is 2.22. The summed E-state index contributed by atoms with van der Waals surface area (Å²) < 4.78 is 24.0. The number of hydrogen-bond acceptors (Lipinski definition) is 3. The first-order valence-corrected chi connectivity index (χ1v) is 6.72. The standard InChI is InChI=1S/C17H14FNO3/c1-10-6-7-12(18)9-13(10)19-17(20)15-8-11-4-3-5-14(21-2)16(11)22-15/h3-9H,1-2H3,(H,19,20). The molecule has 1 aromatic heterocycles. The number of benzene rings is 2. The molecule has 3 rings (SSSR count). The molecule has 1 heterocycles. The van der Waals surface area contributed by atoms with Crippen molar-refractivity contribution in [2.24, 2.45) is 0 Å². The van der Waals surface area contributed by atoms with Crippen LogP contribution in [0.2, 0.25) is 0 Å². The number of carbonyl (C=O) groups is 1. The number of hydrogen-bond donors (Lipinski definition) is 1. The van der Waals surface area contributed by atoms with Gasteiger partial charge in [0.25, 0.3) is 5.91 Å². The SMILES string of the molecule is COc1cccc2cc(C(=O)Nc3cc(F)ccc3C)oc12. The Morgan fingerprint density at radius 3 is 2.82 bits per heavy atom.